The summed E-state index contributed by atoms with van der Waals surface area (Å²) in [4.78, 5) is 6.30. The van der Waals surface area contributed by atoms with Gasteiger partial charge in [-0.3, -0.25) is 0 Å². The van der Waals surface area contributed by atoms with E-state index in [1.807, 2.05) is 0 Å². The summed E-state index contributed by atoms with van der Waals surface area (Å²) in [5, 5.41) is 3.25. The van der Waals surface area contributed by atoms with Gasteiger partial charge in [-0.25, -0.2) is 9.37 Å². The molecule has 1 heterocycles. The van der Waals surface area contributed by atoms with E-state index in [-0.39, 0.29) is 5.82 Å². The molecule has 1 aromatic rings. The van der Waals surface area contributed by atoms with Gasteiger partial charge in [-0.15, -0.1) is 0 Å². The lowest BCUT2D eigenvalue weighted by Gasteiger charge is -2.23. The summed E-state index contributed by atoms with van der Waals surface area (Å²) in [5.74, 6) is 0.349. The molecular formula is C14H22FN3. The molecule has 2 rings (SSSR count). The molecule has 1 N–H and O–H groups in total. The van der Waals surface area contributed by atoms with Crippen LogP contribution in [0.3, 0.4) is 0 Å². The zero-order valence-electron chi connectivity index (χ0n) is 11.4. The molecule has 1 saturated carbocycles. The molecule has 0 aliphatic heterocycles. The predicted octanol–water partition coefficient (Wildman–Crippen LogP) is 2.71. The molecule has 0 spiro atoms. The van der Waals surface area contributed by atoms with Crippen molar-refractivity contribution in [3.05, 3.63) is 23.6 Å². The van der Waals surface area contributed by atoms with E-state index < -0.39 is 0 Å². The molecule has 0 unspecified atom stereocenters. The fourth-order valence-corrected chi connectivity index (χ4v) is 2.09. The molecule has 1 aromatic heterocycles. The summed E-state index contributed by atoms with van der Waals surface area (Å²) in [7, 11) is 0. The minimum Gasteiger partial charge on any atom is -0.351 e. The van der Waals surface area contributed by atoms with Crippen molar-refractivity contribution in [2.24, 2.45) is 0 Å². The fourth-order valence-electron chi connectivity index (χ4n) is 2.09. The summed E-state index contributed by atoms with van der Waals surface area (Å²) >= 11 is 0. The van der Waals surface area contributed by atoms with Crippen LogP contribution in [0.15, 0.2) is 12.3 Å². The average molecular weight is 251 g/mol. The van der Waals surface area contributed by atoms with Crippen molar-refractivity contribution < 1.29 is 4.39 Å². The first-order valence-corrected chi connectivity index (χ1v) is 6.76. The van der Waals surface area contributed by atoms with Gasteiger partial charge in [0.05, 0.1) is 0 Å². The second-order valence-electron chi connectivity index (χ2n) is 5.16. The first kappa shape index (κ1) is 13.3. The van der Waals surface area contributed by atoms with Gasteiger partial charge in [0, 0.05) is 36.9 Å². The highest BCUT2D eigenvalue weighted by atomic mass is 19.1. The molecule has 1 aliphatic carbocycles. The molecular weight excluding hydrogens is 229 g/mol. The normalized spacial score (nSPS) is 15.2. The van der Waals surface area contributed by atoms with Gasteiger partial charge in [0.2, 0.25) is 0 Å². The first-order valence-electron chi connectivity index (χ1n) is 6.76. The lowest BCUT2D eigenvalue weighted by atomic mass is 10.2. The molecule has 1 aliphatic rings. The van der Waals surface area contributed by atoms with Crippen LogP contribution in [0.4, 0.5) is 10.2 Å². The highest BCUT2D eigenvalue weighted by Gasteiger charge is 2.30. The third-order valence-corrected chi connectivity index (χ3v) is 3.25. The second-order valence-corrected chi connectivity index (χ2v) is 5.16. The number of pyridine rings is 1. The van der Waals surface area contributed by atoms with Crippen molar-refractivity contribution in [3.63, 3.8) is 0 Å². The molecule has 0 radical (unpaired) electrons. The Labute approximate surface area is 108 Å². The number of nitrogens with one attached hydrogen (secondary N) is 1. The van der Waals surface area contributed by atoms with E-state index in [4.69, 9.17) is 0 Å². The number of anilines is 1. The van der Waals surface area contributed by atoms with Crippen LogP contribution in [0.25, 0.3) is 0 Å². The van der Waals surface area contributed by atoms with Crippen molar-refractivity contribution in [3.8, 4) is 0 Å². The topological polar surface area (TPSA) is 28.2 Å². The predicted molar refractivity (Wildman–Crippen MR) is 72.2 cm³/mol. The van der Waals surface area contributed by atoms with Gasteiger partial charge < -0.3 is 10.2 Å². The van der Waals surface area contributed by atoms with Crippen molar-refractivity contribution in [2.75, 3.05) is 11.4 Å². The monoisotopic (exact) mass is 251 g/mol. The Hall–Kier alpha value is -1.16. The standard InChI is InChI=1S/C14H22FN3/c1-4-18(12-5-6-12)14-13(15)11(7-8-16-14)9-17-10(2)3/h7-8,10,12,17H,4-6,9H2,1-3H3. The summed E-state index contributed by atoms with van der Waals surface area (Å²) in [6.45, 7) is 7.54. The minimum atomic E-state index is -0.167. The van der Waals surface area contributed by atoms with Gasteiger partial charge in [0.15, 0.2) is 11.6 Å². The molecule has 3 nitrogen and oxygen atoms in total. The molecule has 0 bridgehead atoms. The summed E-state index contributed by atoms with van der Waals surface area (Å²) in [5.41, 5.74) is 0.702. The molecule has 1 fully saturated rings. The largest absolute Gasteiger partial charge is 0.351 e. The SMILES string of the molecule is CCN(c1nccc(CNC(C)C)c1F)C1CC1. The van der Waals surface area contributed by atoms with Crippen LogP contribution in [0.5, 0.6) is 0 Å². The van der Waals surface area contributed by atoms with Crippen molar-refractivity contribution in [2.45, 2.75) is 52.2 Å². The van der Waals surface area contributed by atoms with Crippen molar-refractivity contribution in [1.82, 2.24) is 10.3 Å². The summed E-state index contributed by atoms with van der Waals surface area (Å²) in [6, 6.07) is 2.60. The van der Waals surface area contributed by atoms with E-state index in [1.54, 1.807) is 12.3 Å². The van der Waals surface area contributed by atoms with Crippen LogP contribution >= 0.6 is 0 Å². The zero-order valence-corrected chi connectivity index (χ0v) is 11.4. The van der Waals surface area contributed by atoms with Crippen molar-refractivity contribution >= 4 is 5.82 Å². The van der Waals surface area contributed by atoms with Gasteiger partial charge in [0.25, 0.3) is 0 Å². The third-order valence-electron chi connectivity index (χ3n) is 3.25. The average Bonchev–Trinajstić information content (AvgIpc) is 3.15. The third kappa shape index (κ3) is 2.99. The Morgan fingerprint density at radius 1 is 1.50 bits per heavy atom. The lowest BCUT2D eigenvalue weighted by molar-refractivity contribution is 0.546. The van der Waals surface area contributed by atoms with Gasteiger partial charge >= 0.3 is 0 Å². The van der Waals surface area contributed by atoms with Crippen LogP contribution in [-0.2, 0) is 6.54 Å². The van der Waals surface area contributed by atoms with Gasteiger partial charge in [-0.1, -0.05) is 13.8 Å². The van der Waals surface area contributed by atoms with Crippen LogP contribution in [-0.4, -0.2) is 23.6 Å². The second kappa shape index (κ2) is 5.65. The Morgan fingerprint density at radius 2 is 2.22 bits per heavy atom. The molecule has 0 atom stereocenters. The lowest BCUT2D eigenvalue weighted by Crippen LogP contribution is -2.28. The first-order chi connectivity index (χ1) is 8.63. The van der Waals surface area contributed by atoms with E-state index in [0.717, 1.165) is 19.4 Å². The molecule has 18 heavy (non-hydrogen) atoms. The smallest absolute Gasteiger partial charge is 0.170 e. The summed E-state index contributed by atoms with van der Waals surface area (Å²) in [6.07, 6.45) is 4.02. The maximum atomic E-state index is 14.4. The number of hydrogen-bond acceptors (Lipinski definition) is 3. The molecule has 0 aromatic carbocycles. The van der Waals surface area contributed by atoms with E-state index in [9.17, 15) is 4.39 Å². The van der Waals surface area contributed by atoms with Crippen LogP contribution in [0, 0.1) is 5.82 Å². The Balaban J connectivity index is 2.17. The number of nitrogens with zero attached hydrogens (tertiary/aromatic N) is 2. The van der Waals surface area contributed by atoms with E-state index in [0.29, 0.717) is 30.0 Å². The molecule has 0 saturated heterocycles. The number of aromatic nitrogens is 1. The van der Waals surface area contributed by atoms with Gasteiger partial charge in [-0.2, -0.15) is 0 Å². The van der Waals surface area contributed by atoms with Crippen LogP contribution < -0.4 is 10.2 Å². The Kier molecular flexibility index (Phi) is 4.17. The maximum Gasteiger partial charge on any atom is 0.170 e. The summed E-state index contributed by atoms with van der Waals surface area (Å²) < 4.78 is 14.4. The highest BCUT2D eigenvalue weighted by molar-refractivity contribution is 5.45. The van der Waals surface area contributed by atoms with Gasteiger partial charge in [0.1, 0.15) is 0 Å². The van der Waals surface area contributed by atoms with E-state index in [2.05, 4.69) is 36.0 Å². The molecule has 100 valence electrons. The Morgan fingerprint density at radius 3 is 2.78 bits per heavy atom. The maximum absolute atomic E-state index is 14.4. The van der Waals surface area contributed by atoms with Crippen molar-refractivity contribution in [1.29, 1.82) is 0 Å². The Bertz CT molecular complexity index is 402. The van der Waals surface area contributed by atoms with Crippen LogP contribution in [0.1, 0.15) is 39.2 Å². The number of rotatable bonds is 6. The minimum absolute atomic E-state index is 0.167. The fraction of sp³-hybridized carbons (Fsp3) is 0.643. The highest BCUT2D eigenvalue weighted by Crippen LogP contribution is 2.32. The van der Waals surface area contributed by atoms with Gasteiger partial charge in [-0.05, 0) is 25.8 Å². The molecule has 0 amide bonds. The van der Waals surface area contributed by atoms with Crippen LogP contribution in [0.2, 0.25) is 0 Å². The number of halogens is 1. The zero-order chi connectivity index (χ0) is 13.1. The quantitative estimate of drug-likeness (QED) is 0.842. The molecule has 4 heteroatoms. The van der Waals surface area contributed by atoms with E-state index in [1.165, 1.54) is 0 Å². The van der Waals surface area contributed by atoms with E-state index >= 15 is 0 Å². The number of hydrogen-bond donors (Lipinski definition) is 1.